The molecule has 2 heterocycles. The molecule has 16 heavy (non-hydrogen) atoms. The number of para-hydroxylation sites is 1. The number of likely N-dealkylation sites (N-methyl/N-ethyl adjacent to an activating group) is 1. The monoisotopic (exact) mass is 278 g/mol. The molecule has 1 aromatic heterocycles. The summed E-state index contributed by atoms with van der Waals surface area (Å²) >= 11 is 3.75. The zero-order chi connectivity index (χ0) is 11.3. The van der Waals surface area contributed by atoms with Crippen LogP contribution < -0.4 is 0 Å². The first kappa shape index (κ1) is 10.4. The van der Waals surface area contributed by atoms with Crippen LogP contribution in [0.2, 0.25) is 0 Å². The summed E-state index contributed by atoms with van der Waals surface area (Å²) in [4.78, 5) is 2.37. The average Bonchev–Trinajstić information content (AvgIpc) is 2.55. The Morgan fingerprint density at radius 2 is 2.06 bits per heavy atom. The Balaban J connectivity index is 2.36. The van der Waals surface area contributed by atoms with E-state index < -0.39 is 0 Å². The molecular weight excluding hydrogens is 264 g/mol. The number of fused-ring (bicyclic) bond motifs is 3. The first-order chi connectivity index (χ1) is 7.68. The van der Waals surface area contributed by atoms with Gasteiger partial charge in [0.15, 0.2) is 0 Å². The summed E-state index contributed by atoms with van der Waals surface area (Å²) in [5.74, 6) is 0. The van der Waals surface area contributed by atoms with Gasteiger partial charge in [-0.15, -0.1) is 0 Å². The number of nitrogens with zero attached hydrogens (tertiary/aromatic N) is 2. The van der Waals surface area contributed by atoms with Crippen molar-refractivity contribution in [2.75, 3.05) is 13.6 Å². The summed E-state index contributed by atoms with van der Waals surface area (Å²) in [5.41, 5.74) is 4.18. The molecule has 1 aliphatic rings. The quantitative estimate of drug-likeness (QED) is 0.719. The van der Waals surface area contributed by atoms with Gasteiger partial charge in [-0.2, -0.15) is 0 Å². The summed E-state index contributed by atoms with van der Waals surface area (Å²) in [6.07, 6.45) is 0. The molecule has 0 unspecified atom stereocenters. The van der Waals surface area contributed by atoms with E-state index in [0.29, 0.717) is 0 Å². The minimum absolute atomic E-state index is 1.04. The standard InChI is InChI=1S/C13H15BrN2/c1-9-4-3-5-10-12(14)11-8-15(2)6-7-16(11)13(9)10/h3-5H,6-8H2,1-2H3. The molecule has 84 valence electrons. The Kier molecular flexibility index (Phi) is 2.33. The first-order valence-corrected chi connectivity index (χ1v) is 6.42. The molecule has 0 bridgehead atoms. The number of aromatic nitrogens is 1. The first-order valence-electron chi connectivity index (χ1n) is 5.63. The SMILES string of the molecule is Cc1cccc2c(Br)c3n(c12)CCN(C)C3. The van der Waals surface area contributed by atoms with Gasteiger partial charge in [0.05, 0.1) is 5.52 Å². The van der Waals surface area contributed by atoms with E-state index in [1.165, 1.54) is 26.6 Å². The van der Waals surface area contributed by atoms with Gasteiger partial charge in [0, 0.05) is 35.2 Å². The van der Waals surface area contributed by atoms with E-state index in [4.69, 9.17) is 0 Å². The van der Waals surface area contributed by atoms with Gasteiger partial charge in [-0.1, -0.05) is 18.2 Å². The molecule has 1 aliphatic heterocycles. The van der Waals surface area contributed by atoms with Crippen LogP contribution in [0.4, 0.5) is 0 Å². The topological polar surface area (TPSA) is 8.17 Å². The van der Waals surface area contributed by atoms with Gasteiger partial charge in [0.25, 0.3) is 0 Å². The van der Waals surface area contributed by atoms with Gasteiger partial charge < -0.3 is 4.57 Å². The number of rotatable bonds is 0. The van der Waals surface area contributed by atoms with Gasteiger partial charge >= 0.3 is 0 Å². The van der Waals surface area contributed by atoms with Crippen LogP contribution in [0.3, 0.4) is 0 Å². The lowest BCUT2D eigenvalue weighted by Gasteiger charge is -2.25. The fourth-order valence-electron chi connectivity index (χ4n) is 2.61. The van der Waals surface area contributed by atoms with E-state index >= 15 is 0 Å². The molecule has 2 nitrogen and oxygen atoms in total. The Morgan fingerprint density at radius 1 is 1.25 bits per heavy atom. The third-order valence-electron chi connectivity index (χ3n) is 3.45. The highest BCUT2D eigenvalue weighted by atomic mass is 79.9. The highest BCUT2D eigenvalue weighted by Crippen LogP contribution is 2.34. The molecule has 0 fully saturated rings. The summed E-state index contributed by atoms with van der Waals surface area (Å²) < 4.78 is 3.74. The lowest BCUT2D eigenvalue weighted by molar-refractivity contribution is 0.272. The van der Waals surface area contributed by atoms with Gasteiger partial charge in [-0.25, -0.2) is 0 Å². The second kappa shape index (κ2) is 3.60. The van der Waals surface area contributed by atoms with Crippen molar-refractivity contribution in [2.45, 2.75) is 20.0 Å². The third kappa shape index (κ3) is 1.35. The van der Waals surface area contributed by atoms with E-state index in [1.807, 2.05) is 0 Å². The molecule has 0 amide bonds. The summed E-state index contributed by atoms with van der Waals surface area (Å²) in [5, 5.41) is 1.35. The van der Waals surface area contributed by atoms with Gasteiger partial charge in [0.1, 0.15) is 0 Å². The Labute approximate surface area is 104 Å². The van der Waals surface area contributed by atoms with Crippen molar-refractivity contribution in [2.24, 2.45) is 0 Å². The van der Waals surface area contributed by atoms with Crippen LogP contribution in [0.25, 0.3) is 10.9 Å². The fourth-order valence-corrected chi connectivity index (χ4v) is 3.27. The minimum Gasteiger partial charge on any atom is -0.341 e. The van der Waals surface area contributed by atoms with E-state index in [2.05, 4.69) is 57.6 Å². The fraction of sp³-hybridized carbons (Fsp3) is 0.385. The van der Waals surface area contributed by atoms with Gasteiger partial charge in [-0.3, -0.25) is 4.90 Å². The van der Waals surface area contributed by atoms with Crippen molar-refractivity contribution in [3.8, 4) is 0 Å². The third-order valence-corrected chi connectivity index (χ3v) is 4.33. The maximum absolute atomic E-state index is 3.75. The van der Waals surface area contributed by atoms with Crippen LogP contribution >= 0.6 is 15.9 Å². The van der Waals surface area contributed by atoms with Crippen molar-refractivity contribution in [3.05, 3.63) is 33.9 Å². The molecule has 0 saturated heterocycles. The molecule has 0 atom stereocenters. The highest BCUT2D eigenvalue weighted by molar-refractivity contribution is 9.10. The van der Waals surface area contributed by atoms with Crippen molar-refractivity contribution in [1.29, 1.82) is 0 Å². The van der Waals surface area contributed by atoms with Gasteiger partial charge in [0.2, 0.25) is 0 Å². The van der Waals surface area contributed by atoms with Crippen LogP contribution in [0.1, 0.15) is 11.3 Å². The van der Waals surface area contributed by atoms with Crippen LogP contribution in [0, 0.1) is 6.92 Å². The van der Waals surface area contributed by atoms with E-state index in [-0.39, 0.29) is 0 Å². The zero-order valence-electron chi connectivity index (χ0n) is 9.63. The predicted molar refractivity (Wildman–Crippen MR) is 70.7 cm³/mol. The normalized spacial score (nSPS) is 16.7. The lowest BCUT2D eigenvalue weighted by atomic mass is 10.2. The lowest BCUT2D eigenvalue weighted by Crippen LogP contribution is -2.30. The summed E-state index contributed by atoms with van der Waals surface area (Å²) in [6.45, 7) is 5.46. The molecular formula is C13H15BrN2. The Morgan fingerprint density at radius 3 is 2.88 bits per heavy atom. The van der Waals surface area contributed by atoms with Crippen molar-refractivity contribution < 1.29 is 0 Å². The molecule has 0 radical (unpaired) electrons. The Hall–Kier alpha value is -0.800. The molecule has 0 N–H and O–H groups in total. The molecule has 3 rings (SSSR count). The number of benzene rings is 1. The molecule has 0 saturated carbocycles. The van der Waals surface area contributed by atoms with Crippen LogP contribution in [-0.2, 0) is 13.1 Å². The maximum atomic E-state index is 3.75. The predicted octanol–water partition coefficient (Wildman–Crippen LogP) is 3.16. The average molecular weight is 279 g/mol. The van der Waals surface area contributed by atoms with Crippen LogP contribution in [0.15, 0.2) is 22.7 Å². The highest BCUT2D eigenvalue weighted by Gasteiger charge is 2.21. The van der Waals surface area contributed by atoms with Crippen molar-refractivity contribution in [3.63, 3.8) is 0 Å². The van der Waals surface area contributed by atoms with E-state index in [0.717, 1.165) is 19.6 Å². The van der Waals surface area contributed by atoms with Crippen molar-refractivity contribution >= 4 is 26.8 Å². The summed E-state index contributed by atoms with van der Waals surface area (Å²) in [7, 11) is 2.18. The minimum atomic E-state index is 1.04. The Bertz CT molecular complexity index is 557. The second-order valence-corrected chi connectivity index (χ2v) is 5.41. The number of halogens is 1. The molecule has 2 aromatic rings. The second-order valence-electron chi connectivity index (χ2n) is 4.62. The smallest absolute Gasteiger partial charge is 0.0524 e. The van der Waals surface area contributed by atoms with Crippen LogP contribution in [-0.4, -0.2) is 23.1 Å². The van der Waals surface area contributed by atoms with Crippen molar-refractivity contribution in [1.82, 2.24) is 9.47 Å². The maximum Gasteiger partial charge on any atom is 0.0524 e. The molecule has 1 aromatic carbocycles. The molecule has 0 aliphatic carbocycles. The summed E-state index contributed by atoms with van der Waals surface area (Å²) in [6, 6.07) is 6.54. The largest absolute Gasteiger partial charge is 0.341 e. The van der Waals surface area contributed by atoms with E-state index in [1.54, 1.807) is 0 Å². The van der Waals surface area contributed by atoms with Gasteiger partial charge in [-0.05, 0) is 35.5 Å². The molecule has 0 spiro atoms. The number of aryl methyl sites for hydroxylation is 1. The molecule has 3 heteroatoms. The number of hydrogen-bond donors (Lipinski definition) is 0. The number of hydrogen-bond acceptors (Lipinski definition) is 1. The van der Waals surface area contributed by atoms with Crippen LogP contribution in [0.5, 0.6) is 0 Å². The zero-order valence-corrected chi connectivity index (χ0v) is 11.2. The van der Waals surface area contributed by atoms with E-state index in [9.17, 15) is 0 Å².